The molecule has 0 N–H and O–H groups in total. The summed E-state index contributed by atoms with van der Waals surface area (Å²) in [6.07, 6.45) is 5.53. The third-order valence-electron chi connectivity index (χ3n) is 3.24. The number of benzene rings is 2. The number of fused-ring (bicyclic) bond motifs is 1. The molecule has 1 heterocycles. The third-order valence-corrected chi connectivity index (χ3v) is 4.23. The zero-order valence-corrected chi connectivity index (χ0v) is 13.5. The molecular weight excluding hydrogens is 324 g/mol. The van der Waals surface area contributed by atoms with Crippen molar-refractivity contribution in [3.63, 3.8) is 0 Å². The minimum absolute atomic E-state index is 0.0775. The summed E-state index contributed by atoms with van der Waals surface area (Å²) in [7, 11) is 0. The Bertz CT molecular complexity index is 931. The molecule has 0 aliphatic heterocycles. The fourth-order valence-corrected chi connectivity index (χ4v) is 3.05. The normalized spacial score (nSPS) is 11.0. The number of hydrogen-bond donors (Lipinski definition) is 0. The number of thiazole rings is 1. The first kappa shape index (κ1) is 15.9. The van der Waals surface area contributed by atoms with Gasteiger partial charge in [-0.15, -0.1) is 11.3 Å². The van der Waals surface area contributed by atoms with Crippen LogP contribution in [0.1, 0.15) is 10.6 Å². The minimum Gasteiger partial charge on any atom is -0.490 e. The van der Waals surface area contributed by atoms with E-state index in [9.17, 15) is 10.1 Å². The molecule has 1 aromatic heterocycles. The van der Waals surface area contributed by atoms with Gasteiger partial charge in [0.2, 0.25) is 0 Å². The van der Waals surface area contributed by atoms with Gasteiger partial charge in [0, 0.05) is 12.1 Å². The van der Waals surface area contributed by atoms with Crippen LogP contribution in [0.15, 0.2) is 55.1 Å². The zero-order chi connectivity index (χ0) is 16.9. The Kier molecular flexibility index (Phi) is 4.67. The number of aromatic nitrogens is 1. The van der Waals surface area contributed by atoms with Crippen LogP contribution in [0, 0.1) is 10.1 Å². The summed E-state index contributed by atoms with van der Waals surface area (Å²) in [5, 5.41) is 11.6. The summed E-state index contributed by atoms with van der Waals surface area (Å²) in [6, 6.07) is 12.4. The fourth-order valence-electron chi connectivity index (χ4n) is 2.15. The second kappa shape index (κ2) is 7.06. The van der Waals surface area contributed by atoms with E-state index in [1.165, 1.54) is 17.4 Å². The highest BCUT2D eigenvalue weighted by atomic mass is 32.1. The molecule has 2 aromatic carbocycles. The summed E-state index contributed by atoms with van der Waals surface area (Å²) in [6.45, 7) is 4.09. The van der Waals surface area contributed by atoms with Gasteiger partial charge in [0.1, 0.15) is 17.4 Å². The van der Waals surface area contributed by atoms with Crippen LogP contribution in [0.3, 0.4) is 0 Å². The largest absolute Gasteiger partial charge is 0.490 e. The maximum Gasteiger partial charge on any atom is 0.270 e. The monoisotopic (exact) mass is 338 g/mol. The van der Waals surface area contributed by atoms with Gasteiger partial charge in [-0.2, -0.15) is 0 Å². The van der Waals surface area contributed by atoms with Gasteiger partial charge in [-0.3, -0.25) is 10.1 Å². The maximum absolute atomic E-state index is 10.8. The smallest absolute Gasteiger partial charge is 0.270 e. The standard InChI is InChI=1S/C18H14N2O3S/c1-2-10-23-15-5-3-4-13(11-15)6-9-18-19-16-8-7-14(20(21)22)12-17(16)24-18/h2-9,11-12H,1,10H2/b9-6+. The Morgan fingerprint density at radius 2 is 2.12 bits per heavy atom. The van der Waals surface area contributed by atoms with E-state index in [1.807, 2.05) is 36.4 Å². The van der Waals surface area contributed by atoms with E-state index in [2.05, 4.69) is 11.6 Å². The van der Waals surface area contributed by atoms with Crippen LogP contribution in [-0.2, 0) is 0 Å². The Morgan fingerprint density at radius 3 is 2.92 bits per heavy atom. The van der Waals surface area contributed by atoms with Gasteiger partial charge in [0.05, 0.1) is 15.1 Å². The molecule has 120 valence electrons. The molecule has 0 radical (unpaired) electrons. The first-order chi connectivity index (χ1) is 11.7. The molecule has 0 bridgehead atoms. The fraction of sp³-hybridized carbons (Fsp3) is 0.0556. The summed E-state index contributed by atoms with van der Waals surface area (Å²) in [4.78, 5) is 14.9. The average Bonchev–Trinajstić information content (AvgIpc) is 3.00. The molecule has 3 aromatic rings. The molecule has 0 saturated carbocycles. The van der Waals surface area contributed by atoms with E-state index >= 15 is 0 Å². The molecular formula is C18H14N2O3S. The lowest BCUT2D eigenvalue weighted by Crippen LogP contribution is -1.92. The second-order valence-corrected chi connectivity index (χ2v) is 6.03. The van der Waals surface area contributed by atoms with Gasteiger partial charge in [-0.25, -0.2) is 4.98 Å². The third kappa shape index (κ3) is 3.67. The highest BCUT2D eigenvalue weighted by Gasteiger charge is 2.09. The summed E-state index contributed by atoms with van der Waals surface area (Å²) in [5.74, 6) is 0.775. The summed E-state index contributed by atoms with van der Waals surface area (Å²) in [5.41, 5.74) is 1.82. The van der Waals surface area contributed by atoms with Crippen molar-refractivity contribution in [3.05, 3.63) is 75.8 Å². The first-order valence-corrected chi connectivity index (χ1v) is 8.04. The van der Waals surface area contributed by atoms with Crippen LogP contribution in [0.4, 0.5) is 5.69 Å². The van der Waals surface area contributed by atoms with Crippen LogP contribution in [-0.4, -0.2) is 16.5 Å². The molecule has 0 spiro atoms. The van der Waals surface area contributed by atoms with Crippen molar-refractivity contribution in [1.29, 1.82) is 0 Å². The predicted octanol–water partition coefficient (Wildman–Crippen LogP) is 4.94. The van der Waals surface area contributed by atoms with Gasteiger partial charge < -0.3 is 4.74 Å². The molecule has 0 aliphatic rings. The van der Waals surface area contributed by atoms with E-state index < -0.39 is 4.92 Å². The number of hydrogen-bond acceptors (Lipinski definition) is 5. The molecule has 0 atom stereocenters. The summed E-state index contributed by atoms with van der Waals surface area (Å²) >= 11 is 1.42. The summed E-state index contributed by atoms with van der Waals surface area (Å²) < 4.78 is 6.30. The van der Waals surface area contributed by atoms with Crippen molar-refractivity contribution in [3.8, 4) is 5.75 Å². The second-order valence-electron chi connectivity index (χ2n) is 4.97. The van der Waals surface area contributed by atoms with Crippen LogP contribution < -0.4 is 4.74 Å². The lowest BCUT2D eigenvalue weighted by atomic mass is 10.2. The Hall–Kier alpha value is -2.99. The quantitative estimate of drug-likeness (QED) is 0.363. The molecule has 5 nitrogen and oxygen atoms in total. The van der Waals surface area contributed by atoms with E-state index in [4.69, 9.17) is 4.74 Å². The number of rotatable bonds is 6. The Balaban J connectivity index is 1.82. The van der Waals surface area contributed by atoms with E-state index in [1.54, 1.807) is 18.2 Å². The van der Waals surface area contributed by atoms with Gasteiger partial charge in [-0.05, 0) is 29.8 Å². The molecule has 0 aliphatic carbocycles. The van der Waals surface area contributed by atoms with Crippen LogP contribution in [0.2, 0.25) is 0 Å². The van der Waals surface area contributed by atoms with Crippen LogP contribution in [0.25, 0.3) is 22.4 Å². The highest BCUT2D eigenvalue weighted by molar-refractivity contribution is 7.19. The van der Waals surface area contributed by atoms with Crippen molar-refractivity contribution in [2.45, 2.75) is 0 Å². The zero-order valence-electron chi connectivity index (χ0n) is 12.7. The molecule has 0 fully saturated rings. The number of nitro benzene ring substituents is 1. The van der Waals surface area contributed by atoms with Crippen LogP contribution >= 0.6 is 11.3 Å². The van der Waals surface area contributed by atoms with Crippen molar-refractivity contribution in [2.75, 3.05) is 6.61 Å². The van der Waals surface area contributed by atoms with Crippen molar-refractivity contribution in [2.24, 2.45) is 0 Å². The number of nitrogens with zero attached hydrogens (tertiary/aromatic N) is 2. The Morgan fingerprint density at radius 1 is 1.25 bits per heavy atom. The molecule has 0 saturated heterocycles. The molecule has 3 rings (SSSR count). The van der Waals surface area contributed by atoms with E-state index in [0.29, 0.717) is 6.61 Å². The number of ether oxygens (including phenoxy) is 1. The SMILES string of the molecule is C=CCOc1cccc(/C=C/c2nc3ccc([N+](=O)[O-])cc3s2)c1. The van der Waals surface area contributed by atoms with Crippen molar-refractivity contribution >= 4 is 39.4 Å². The van der Waals surface area contributed by atoms with Gasteiger partial charge in [0.25, 0.3) is 5.69 Å². The topological polar surface area (TPSA) is 65.3 Å². The maximum atomic E-state index is 10.8. The number of nitro groups is 1. The lowest BCUT2D eigenvalue weighted by Gasteiger charge is -2.03. The Labute approximate surface area is 142 Å². The minimum atomic E-state index is -0.399. The number of non-ortho nitro benzene ring substituents is 1. The molecule has 24 heavy (non-hydrogen) atoms. The van der Waals surface area contributed by atoms with E-state index in [-0.39, 0.29) is 5.69 Å². The van der Waals surface area contributed by atoms with Crippen LogP contribution in [0.5, 0.6) is 5.75 Å². The molecule has 0 amide bonds. The van der Waals surface area contributed by atoms with Gasteiger partial charge in [0.15, 0.2) is 0 Å². The predicted molar refractivity (Wildman–Crippen MR) is 97.3 cm³/mol. The molecule has 6 heteroatoms. The first-order valence-electron chi connectivity index (χ1n) is 7.22. The van der Waals surface area contributed by atoms with E-state index in [0.717, 1.165) is 26.5 Å². The highest BCUT2D eigenvalue weighted by Crippen LogP contribution is 2.27. The van der Waals surface area contributed by atoms with Crippen molar-refractivity contribution in [1.82, 2.24) is 4.98 Å². The van der Waals surface area contributed by atoms with Crippen molar-refractivity contribution < 1.29 is 9.66 Å². The lowest BCUT2D eigenvalue weighted by molar-refractivity contribution is -0.384. The molecule has 0 unspecified atom stereocenters. The van der Waals surface area contributed by atoms with Gasteiger partial charge >= 0.3 is 0 Å². The van der Waals surface area contributed by atoms with Gasteiger partial charge in [-0.1, -0.05) is 30.9 Å². The average molecular weight is 338 g/mol.